The second kappa shape index (κ2) is 1.46. The molecule has 0 nitrogen and oxygen atoms in total. The zero-order chi connectivity index (χ0) is 5.33. The van der Waals surface area contributed by atoms with E-state index in [0.717, 1.165) is 12.8 Å². The molecule has 0 aliphatic heterocycles. The van der Waals surface area contributed by atoms with Crippen molar-refractivity contribution < 1.29 is 4.39 Å². The third-order valence-electron chi connectivity index (χ3n) is 1.69. The Morgan fingerprint density at radius 3 is 2.14 bits per heavy atom. The molecule has 0 aromatic heterocycles. The Morgan fingerprint density at radius 1 is 1.57 bits per heavy atom. The first-order chi connectivity index (χ1) is 3.27. The summed E-state index contributed by atoms with van der Waals surface area (Å²) in [6.07, 6.45) is 3.15. The lowest BCUT2D eigenvalue weighted by Gasteiger charge is -2.33. The highest BCUT2D eigenvalue weighted by molar-refractivity contribution is 4.88. The Labute approximate surface area is 43.7 Å². The maximum atomic E-state index is 11.6. The molecule has 1 aliphatic rings. The second-order valence-electron chi connectivity index (χ2n) is 2.51. The summed E-state index contributed by atoms with van der Waals surface area (Å²) in [7, 11) is 0. The van der Waals surface area contributed by atoms with Crippen molar-refractivity contribution in [3.8, 4) is 0 Å². The lowest BCUT2D eigenvalue weighted by atomic mass is 9.72. The quantitative estimate of drug-likeness (QED) is 0.473. The summed E-state index contributed by atoms with van der Waals surface area (Å²) in [5.74, 6) is 0. The van der Waals surface area contributed by atoms with Crippen LogP contribution in [0.3, 0.4) is 0 Å². The molecule has 0 unspecified atom stereocenters. The van der Waals surface area contributed by atoms with Crippen LogP contribution in [-0.2, 0) is 0 Å². The summed E-state index contributed by atoms with van der Waals surface area (Å²) in [5.41, 5.74) is -0.153. The van der Waals surface area contributed by atoms with Crippen molar-refractivity contribution in [3.05, 3.63) is 6.67 Å². The van der Waals surface area contributed by atoms with Crippen LogP contribution in [0.2, 0.25) is 0 Å². The number of halogens is 1. The van der Waals surface area contributed by atoms with Crippen LogP contribution in [0.4, 0.5) is 4.39 Å². The molecule has 0 amide bonds. The lowest BCUT2D eigenvalue weighted by Crippen LogP contribution is -2.23. The maximum absolute atomic E-state index is 11.6. The SMILES string of the molecule is CC1([C]F)CCC1. The van der Waals surface area contributed by atoms with Gasteiger partial charge in [0.15, 0.2) is 6.67 Å². The van der Waals surface area contributed by atoms with Gasteiger partial charge in [-0.1, -0.05) is 13.3 Å². The van der Waals surface area contributed by atoms with Gasteiger partial charge in [-0.05, 0) is 12.8 Å². The molecule has 0 saturated heterocycles. The van der Waals surface area contributed by atoms with Crippen molar-refractivity contribution in [1.82, 2.24) is 0 Å². The van der Waals surface area contributed by atoms with E-state index >= 15 is 0 Å². The first kappa shape index (κ1) is 5.07. The molecule has 7 heavy (non-hydrogen) atoms. The van der Waals surface area contributed by atoms with E-state index in [9.17, 15) is 4.39 Å². The smallest absolute Gasteiger partial charge is 0.191 e. The van der Waals surface area contributed by atoms with Crippen molar-refractivity contribution >= 4 is 0 Å². The van der Waals surface area contributed by atoms with Crippen molar-refractivity contribution in [2.75, 3.05) is 0 Å². The molecule has 0 aromatic rings. The fourth-order valence-electron chi connectivity index (χ4n) is 0.802. The van der Waals surface area contributed by atoms with Crippen molar-refractivity contribution in [3.63, 3.8) is 0 Å². The van der Waals surface area contributed by atoms with Gasteiger partial charge in [-0.15, -0.1) is 0 Å². The first-order valence-electron chi connectivity index (χ1n) is 2.65. The van der Waals surface area contributed by atoms with Gasteiger partial charge in [0.25, 0.3) is 0 Å². The van der Waals surface area contributed by atoms with E-state index in [1.54, 1.807) is 6.67 Å². The Balaban J connectivity index is 2.29. The van der Waals surface area contributed by atoms with E-state index in [-0.39, 0.29) is 5.41 Å². The Bertz CT molecular complexity index is 59.1. The minimum atomic E-state index is -0.153. The van der Waals surface area contributed by atoms with Crippen molar-refractivity contribution in [2.45, 2.75) is 26.2 Å². The zero-order valence-corrected chi connectivity index (χ0v) is 4.50. The van der Waals surface area contributed by atoms with Crippen LogP contribution < -0.4 is 0 Å². The molecule has 1 saturated carbocycles. The zero-order valence-electron chi connectivity index (χ0n) is 4.50. The van der Waals surface area contributed by atoms with Crippen LogP contribution in [0.25, 0.3) is 0 Å². The van der Waals surface area contributed by atoms with Gasteiger partial charge in [-0.2, -0.15) is 0 Å². The predicted molar refractivity (Wildman–Crippen MR) is 26.3 cm³/mol. The minimum Gasteiger partial charge on any atom is -0.236 e. The van der Waals surface area contributed by atoms with Crippen LogP contribution in [0.1, 0.15) is 26.2 Å². The van der Waals surface area contributed by atoms with Crippen LogP contribution >= 0.6 is 0 Å². The van der Waals surface area contributed by atoms with E-state index in [2.05, 4.69) is 0 Å². The molecule has 40 valence electrons. The number of hydrogen-bond acceptors (Lipinski definition) is 0. The molecule has 0 aromatic carbocycles. The molecular formula is C6H9F. The molecule has 1 heteroatoms. The van der Waals surface area contributed by atoms with Gasteiger partial charge in [0.2, 0.25) is 0 Å². The molecular weight excluding hydrogens is 91.1 g/mol. The Kier molecular flexibility index (Phi) is 1.06. The summed E-state index contributed by atoms with van der Waals surface area (Å²) in [6.45, 7) is 3.68. The summed E-state index contributed by atoms with van der Waals surface area (Å²) >= 11 is 0. The summed E-state index contributed by atoms with van der Waals surface area (Å²) in [5, 5.41) is 0. The maximum Gasteiger partial charge on any atom is 0.191 e. The van der Waals surface area contributed by atoms with Gasteiger partial charge in [-0.25, -0.2) is 4.39 Å². The monoisotopic (exact) mass is 100 g/mol. The van der Waals surface area contributed by atoms with Crippen LogP contribution in [0, 0.1) is 12.1 Å². The second-order valence-corrected chi connectivity index (χ2v) is 2.51. The Hall–Kier alpha value is -0.0700. The molecule has 2 radical (unpaired) electrons. The highest BCUT2D eigenvalue weighted by atomic mass is 19.1. The number of hydrogen-bond donors (Lipinski definition) is 0. The largest absolute Gasteiger partial charge is 0.236 e. The van der Waals surface area contributed by atoms with Crippen LogP contribution in [-0.4, -0.2) is 0 Å². The molecule has 0 heterocycles. The molecule has 1 fully saturated rings. The lowest BCUT2D eigenvalue weighted by molar-refractivity contribution is 0.165. The van der Waals surface area contributed by atoms with Crippen LogP contribution in [0.15, 0.2) is 0 Å². The third-order valence-corrected chi connectivity index (χ3v) is 1.69. The first-order valence-corrected chi connectivity index (χ1v) is 2.65. The van der Waals surface area contributed by atoms with E-state index < -0.39 is 0 Å². The van der Waals surface area contributed by atoms with E-state index in [4.69, 9.17) is 0 Å². The van der Waals surface area contributed by atoms with E-state index in [0.29, 0.717) is 0 Å². The predicted octanol–water partition coefficient (Wildman–Crippen LogP) is 2.18. The van der Waals surface area contributed by atoms with Gasteiger partial charge in [0, 0.05) is 5.41 Å². The van der Waals surface area contributed by atoms with Gasteiger partial charge in [-0.3, -0.25) is 0 Å². The highest BCUT2D eigenvalue weighted by Crippen LogP contribution is 2.42. The van der Waals surface area contributed by atoms with Gasteiger partial charge >= 0.3 is 0 Å². The fraction of sp³-hybridized carbons (Fsp3) is 0.833. The molecule has 0 atom stereocenters. The fourth-order valence-corrected chi connectivity index (χ4v) is 0.802. The van der Waals surface area contributed by atoms with Crippen LogP contribution in [0.5, 0.6) is 0 Å². The molecule has 1 rings (SSSR count). The van der Waals surface area contributed by atoms with Gasteiger partial charge in [0.05, 0.1) is 0 Å². The third kappa shape index (κ3) is 0.767. The van der Waals surface area contributed by atoms with Gasteiger partial charge in [0.1, 0.15) is 0 Å². The topological polar surface area (TPSA) is 0 Å². The summed E-state index contributed by atoms with van der Waals surface area (Å²) in [6, 6.07) is 0. The van der Waals surface area contributed by atoms with E-state index in [1.165, 1.54) is 6.42 Å². The van der Waals surface area contributed by atoms with Gasteiger partial charge < -0.3 is 0 Å². The summed E-state index contributed by atoms with van der Waals surface area (Å²) < 4.78 is 11.6. The average molecular weight is 100 g/mol. The average Bonchev–Trinajstić information content (AvgIpc) is 1.61. The molecule has 0 spiro atoms. The minimum absolute atomic E-state index is 0.153. The normalized spacial score (nSPS) is 26.6. The molecule has 0 bridgehead atoms. The van der Waals surface area contributed by atoms with Crippen molar-refractivity contribution in [2.24, 2.45) is 5.41 Å². The standard InChI is InChI=1S/C6H9F/c1-6(5-7)3-2-4-6/h2-4H2,1H3. The molecule has 1 aliphatic carbocycles. The number of rotatable bonds is 1. The Morgan fingerprint density at radius 2 is 2.14 bits per heavy atom. The summed E-state index contributed by atoms with van der Waals surface area (Å²) in [4.78, 5) is 0. The molecule has 0 N–H and O–H groups in total. The van der Waals surface area contributed by atoms with Crippen molar-refractivity contribution in [1.29, 1.82) is 0 Å². The highest BCUT2D eigenvalue weighted by Gasteiger charge is 2.32. The van der Waals surface area contributed by atoms with E-state index in [1.807, 2.05) is 6.92 Å².